The number of rotatable bonds is 8. The zero-order chi connectivity index (χ0) is 17.4. The number of carbonyl (C=O) groups excluding carboxylic acids is 1. The first kappa shape index (κ1) is 18.9. The zero-order valence-electron chi connectivity index (χ0n) is 14.2. The quantitative estimate of drug-likeness (QED) is 0.562. The minimum atomic E-state index is -0.421. The highest BCUT2D eigenvalue weighted by atomic mass is 16.5. The summed E-state index contributed by atoms with van der Waals surface area (Å²) in [6, 6.07) is 3.72. The molecule has 0 aliphatic carbocycles. The number of aliphatic hydroxyl groups is 1. The Morgan fingerprint density at radius 2 is 2.26 bits per heavy atom. The van der Waals surface area contributed by atoms with Crippen LogP contribution in [0.15, 0.2) is 11.6 Å². The minimum absolute atomic E-state index is 0.00625. The molecular weight excluding hydrogens is 294 g/mol. The van der Waals surface area contributed by atoms with Gasteiger partial charge in [0.2, 0.25) is 0 Å². The third-order valence-corrected chi connectivity index (χ3v) is 3.74. The van der Waals surface area contributed by atoms with Crippen LogP contribution < -0.4 is 5.32 Å². The summed E-state index contributed by atoms with van der Waals surface area (Å²) in [5.74, 6) is -0.421. The van der Waals surface area contributed by atoms with Crippen LogP contribution in [0, 0.1) is 25.2 Å². The summed E-state index contributed by atoms with van der Waals surface area (Å²) in [6.07, 6.45) is 2.06. The Balaban J connectivity index is 2.98. The molecule has 1 unspecified atom stereocenters. The number of aliphatic hydroxyl groups excluding tert-OH is 1. The van der Waals surface area contributed by atoms with Crippen LogP contribution in [-0.2, 0) is 16.1 Å². The number of ether oxygens (including phenoxy) is 1. The van der Waals surface area contributed by atoms with Gasteiger partial charge in [-0.15, -0.1) is 0 Å². The highest BCUT2D eigenvalue weighted by molar-refractivity contribution is 6.01. The lowest BCUT2D eigenvalue weighted by Crippen LogP contribution is -2.33. The average Bonchev–Trinajstić information content (AvgIpc) is 2.76. The van der Waals surface area contributed by atoms with E-state index in [2.05, 4.69) is 9.88 Å². The molecule has 6 heteroatoms. The van der Waals surface area contributed by atoms with Gasteiger partial charge in [-0.3, -0.25) is 4.79 Å². The van der Waals surface area contributed by atoms with Gasteiger partial charge in [-0.1, -0.05) is 0 Å². The number of hydrogen-bond donors (Lipinski definition) is 2. The molecule has 1 aromatic rings. The number of aromatic nitrogens is 1. The molecule has 1 amide bonds. The van der Waals surface area contributed by atoms with Crippen molar-refractivity contribution in [2.75, 3.05) is 20.3 Å². The monoisotopic (exact) mass is 319 g/mol. The topological polar surface area (TPSA) is 87.3 Å². The molecule has 1 heterocycles. The summed E-state index contributed by atoms with van der Waals surface area (Å²) in [5, 5.41) is 20.8. The molecule has 0 aliphatic heterocycles. The fourth-order valence-electron chi connectivity index (χ4n) is 2.37. The van der Waals surface area contributed by atoms with Gasteiger partial charge in [0.1, 0.15) is 11.6 Å². The lowest BCUT2D eigenvalue weighted by Gasteiger charge is -2.11. The molecule has 0 saturated carbocycles. The number of nitrogens with zero attached hydrogens (tertiary/aromatic N) is 2. The van der Waals surface area contributed by atoms with Crippen molar-refractivity contribution in [1.29, 1.82) is 5.26 Å². The molecule has 1 rings (SSSR count). The van der Waals surface area contributed by atoms with Gasteiger partial charge in [-0.05, 0) is 44.9 Å². The summed E-state index contributed by atoms with van der Waals surface area (Å²) in [6.45, 7) is 7.05. The van der Waals surface area contributed by atoms with Gasteiger partial charge in [0.15, 0.2) is 0 Å². The zero-order valence-corrected chi connectivity index (χ0v) is 14.2. The standard InChI is InChI=1S/C17H25N3O3/c1-12(5-7-21)19-17(22)16(11-18)10-15-9-13(2)20(14(15)3)6-8-23-4/h9-10,12,21H,5-8H2,1-4H3,(H,19,22)/b16-10-. The molecule has 0 spiro atoms. The number of amides is 1. The first-order valence-corrected chi connectivity index (χ1v) is 7.63. The van der Waals surface area contributed by atoms with Gasteiger partial charge >= 0.3 is 0 Å². The second-order valence-electron chi connectivity index (χ2n) is 5.53. The molecule has 0 saturated heterocycles. The number of carbonyl (C=O) groups is 1. The van der Waals surface area contributed by atoms with E-state index in [0.29, 0.717) is 13.0 Å². The minimum Gasteiger partial charge on any atom is -0.396 e. The Labute approximate surface area is 137 Å². The number of nitriles is 1. The number of aryl methyl sites for hydroxylation is 1. The smallest absolute Gasteiger partial charge is 0.262 e. The van der Waals surface area contributed by atoms with Gasteiger partial charge in [-0.2, -0.15) is 5.26 Å². The Bertz CT molecular complexity index is 611. The average molecular weight is 319 g/mol. The Hall–Kier alpha value is -2.10. The van der Waals surface area contributed by atoms with Crippen LogP contribution in [0.25, 0.3) is 6.08 Å². The third kappa shape index (κ3) is 5.23. The van der Waals surface area contributed by atoms with Crippen LogP contribution in [0.2, 0.25) is 0 Å². The number of methoxy groups -OCH3 is 1. The number of nitrogens with one attached hydrogen (secondary N) is 1. The van der Waals surface area contributed by atoms with Crippen molar-refractivity contribution in [3.05, 3.63) is 28.6 Å². The van der Waals surface area contributed by atoms with Crippen LogP contribution in [0.5, 0.6) is 0 Å². The van der Waals surface area contributed by atoms with Gasteiger partial charge < -0.3 is 19.7 Å². The first-order chi connectivity index (χ1) is 10.9. The fraction of sp³-hybridized carbons (Fsp3) is 0.529. The lowest BCUT2D eigenvalue weighted by atomic mass is 10.1. The molecule has 23 heavy (non-hydrogen) atoms. The maximum Gasteiger partial charge on any atom is 0.262 e. The van der Waals surface area contributed by atoms with Crippen molar-refractivity contribution in [2.24, 2.45) is 0 Å². The van der Waals surface area contributed by atoms with Gasteiger partial charge in [-0.25, -0.2) is 0 Å². The van der Waals surface area contributed by atoms with E-state index in [-0.39, 0.29) is 18.2 Å². The molecule has 0 radical (unpaired) electrons. The maximum atomic E-state index is 12.1. The van der Waals surface area contributed by atoms with Crippen LogP contribution in [0.1, 0.15) is 30.3 Å². The van der Waals surface area contributed by atoms with Crippen LogP contribution in [0.3, 0.4) is 0 Å². The molecule has 0 aliphatic rings. The predicted molar refractivity (Wildman–Crippen MR) is 88.7 cm³/mol. The van der Waals surface area contributed by atoms with Crippen molar-refractivity contribution < 1.29 is 14.6 Å². The van der Waals surface area contributed by atoms with Crippen molar-refractivity contribution in [3.63, 3.8) is 0 Å². The first-order valence-electron chi connectivity index (χ1n) is 7.63. The summed E-state index contributed by atoms with van der Waals surface area (Å²) >= 11 is 0. The van der Waals surface area contributed by atoms with E-state index in [0.717, 1.165) is 23.5 Å². The Morgan fingerprint density at radius 3 is 2.83 bits per heavy atom. The summed E-state index contributed by atoms with van der Waals surface area (Å²) < 4.78 is 7.19. The van der Waals surface area contributed by atoms with E-state index in [1.54, 1.807) is 20.1 Å². The van der Waals surface area contributed by atoms with Gasteiger partial charge in [0.05, 0.1) is 6.61 Å². The molecule has 1 atom stereocenters. The van der Waals surface area contributed by atoms with Crippen LogP contribution in [0.4, 0.5) is 0 Å². The molecule has 6 nitrogen and oxygen atoms in total. The molecule has 1 aromatic heterocycles. The van der Waals surface area contributed by atoms with E-state index < -0.39 is 5.91 Å². The Morgan fingerprint density at radius 1 is 1.57 bits per heavy atom. The normalized spacial score (nSPS) is 12.8. The molecule has 126 valence electrons. The third-order valence-electron chi connectivity index (χ3n) is 3.74. The molecule has 0 bridgehead atoms. The SMILES string of the molecule is COCCn1c(C)cc(/C=C(/C#N)C(=O)NC(C)CCO)c1C. The molecular formula is C17H25N3O3. The van der Waals surface area contributed by atoms with E-state index >= 15 is 0 Å². The Kier molecular flexibility index (Phi) is 7.52. The van der Waals surface area contributed by atoms with Crippen LogP contribution in [-0.4, -0.2) is 41.9 Å². The van der Waals surface area contributed by atoms with Gasteiger partial charge in [0.25, 0.3) is 5.91 Å². The van der Waals surface area contributed by atoms with Crippen molar-refractivity contribution in [3.8, 4) is 6.07 Å². The van der Waals surface area contributed by atoms with E-state index in [4.69, 9.17) is 9.84 Å². The second kappa shape index (κ2) is 9.13. The van der Waals surface area contributed by atoms with Crippen molar-refractivity contribution >= 4 is 12.0 Å². The fourth-order valence-corrected chi connectivity index (χ4v) is 2.37. The van der Waals surface area contributed by atoms with E-state index in [1.807, 2.05) is 26.0 Å². The van der Waals surface area contributed by atoms with E-state index in [1.165, 1.54) is 0 Å². The number of hydrogen-bond acceptors (Lipinski definition) is 4. The molecule has 0 fully saturated rings. The van der Waals surface area contributed by atoms with Gasteiger partial charge in [0, 0.05) is 37.7 Å². The molecule has 0 aromatic carbocycles. The summed E-state index contributed by atoms with van der Waals surface area (Å²) in [4.78, 5) is 12.1. The van der Waals surface area contributed by atoms with Crippen LogP contribution >= 0.6 is 0 Å². The highest BCUT2D eigenvalue weighted by Crippen LogP contribution is 2.18. The predicted octanol–water partition coefficient (Wildman–Crippen LogP) is 1.55. The molecule has 2 N–H and O–H groups in total. The summed E-state index contributed by atoms with van der Waals surface area (Å²) in [7, 11) is 1.65. The highest BCUT2D eigenvalue weighted by Gasteiger charge is 2.14. The maximum absolute atomic E-state index is 12.1. The van der Waals surface area contributed by atoms with Crippen molar-refractivity contribution in [2.45, 2.75) is 39.8 Å². The van der Waals surface area contributed by atoms with E-state index in [9.17, 15) is 10.1 Å². The largest absolute Gasteiger partial charge is 0.396 e. The summed E-state index contributed by atoms with van der Waals surface area (Å²) in [5.41, 5.74) is 2.95. The van der Waals surface area contributed by atoms with Crippen molar-refractivity contribution in [1.82, 2.24) is 9.88 Å². The lowest BCUT2D eigenvalue weighted by molar-refractivity contribution is -0.117. The second-order valence-corrected chi connectivity index (χ2v) is 5.53.